The van der Waals surface area contributed by atoms with Crippen molar-refractivity contribution in [1.29, 1.82) is 0 Å². The summed E-state index contributed by atoms with van der Waals surface area (Å²) in [5, 5.41) is 0. The molecule has 8 atom stereocenters. The Labute approximate surface area is 163 Å². The third-order valence-electron chi connectivity index (χ3n) is 9.24. The minimum absolute atomic E-state index is 0.885. The first kappa shape index (κ1) is 19.1. The minimum atomic E-state index is 0.885. The molecule has 7 unspecified atom stereocenters. The zero-order valence-electron chi connectivity index (χ0n) is 18.1. The van der Waals surface area contributed by atoms with E-state index in [1.165, 1.54) is 44.9 Å². The number of hydrogen-bond donors (Lipinski definition) is 0. The maximum absolute atomic E-state index is 2.74. The number of allylic oxidation sites excluding steroid dienone is 2. The van der Waals surface area contributed by atoms with Crippen LogP contribution < -0.4 is 0 Å². The predicted octanol–water partition coefficient (Wildman–Crippen LogP) is 7.88. The van der Waals surface area contributed by atoms with Crippen LogP contribution in [0, 0.1) is 53.3 Å². The Morgan fingerprint density at radius 3 is 2.42 bits per heavy atom. The average Bonchev–Trinajstić information content (AvgIpc) is 3.05. The Bertz CT molecular complexity index is 500. The molecule has 0 heteroatoms. The summed E-state index contributed by atoms with van der Waals surface area (Å²) < 4.78 is 0. The third kappa shape index (κ3) is 3.68. The fourth-order valence-corrected chi connectivity index (χ4v) is 7.94. The monoisotopic (exact) mass is 356 g/mol. The lowest BCUT2D eigenvalue weighted by Gasteiger charge is -2.50. The lowest BCUT2D eigenvalue weighted by atomic mass is 9.55. The molecule has 4 aliphatic rings. The van der Waals surface area contributed by atoms with Gasteiger partial charge in [-0.15, -0.1) is 0 Å². The lowest BCUT2D eigenvalue weighted by Crippen LogP contribution is -2.41. The molecule has 0 N–H and O–H groups in total. The zero-order valence-corrected chi connectivity index (χ0v) is 18.1. The molecule has 4 aliphatic carbocycles. The van der Waals surface area contributed by atoms with E-state index in [1.54, 1.807) is 25.7 Å². The van der Waals surface area contributed by atoms with E-state index in [-0.39, 0.29) is 0 Å². The molecule has 0 saturated heterocycles. The molecule has 0 aromatic carbocycles. The van der Waals surface area contributed by atoms with E-state index in [0.717, 1.165) is 53.3 Å². The van der Waals surface area contributed by atoms with Crippen molar-refractivity contribution in [3.05, 3.63) is 11.6 Å². The van der Waals surface area contributed by atoms with Crippen LogP contribution in [0.3, 0.4) is 0 Å². The molecule has 0 bridgehead atoms. The SMILES string of the molecule is CC(C)CCCC(C)C1CCC2C1CCC1C3CC[C@H](C)CC3=CCC12. The molecule has 0 radical (unpaired) electrons. The van der Waals surface area contributed by atoms with E-state index in [2.05, 4.69) is 33.8 Å². The summed E-state index contributed by atoms with van der Waals surface area (Å²) in [6.45, 7) is 9.84. The number of rotatable bonds is 5. The number of hydrogen-bond acceptors (Lipinski definition) is 0. The van der Waals surface area contributed by atoms with Gasteiger partial charge in [-0.3, -0.25) is 0 Å². The molecule has 4 rings (SSSR count). The Kier molecular flexibility index (Phi) is 5.87. The van der Waals surface area contributed by atoms with Crippen LogP contribution in [0.2, 0.25) is 0 Å². The molecule has 0 amide bonds. The van der Waals surface area contributed by atoms with Gasteiger partial charge in [0, 0.05) is 0 Å². The second-order valence-electron chi connectivity index (χ2n) is 11.3. The van der Waals surface area contributed by atoms with Crippen molar-refractivity contribution in [2.45, 2.75) is 98.3 Å². The fraction of sp³-hybridized carbons (Fsp3) is 0.923. The Morgan fingerprint density at radius 2 is 1.62 bits per heavy atom. The van der Waals surface area contributed by atoms with Crippen molar-refractivity contribution >= 4 is 0 Å². The molecule has 0 aromatic rings. The van der Waals surface area contributed by atoms with Crippen LogP contribution in [0.1, 0.15) is 98.3 Å². The molecule has 0 aliphatic heterocycles. The van der Waals surface area contributed by atoms with E-state index in [0.29, 0.717) is 0 Å². The standard InChI is InChI=1S/C26H44/c1-17(2)6-5-7-19(4)21-12-13-26-23(21)14-15-24-22-10-8-18(3)16-20(22)9-11-25(24)26/h9,17-19,21-26H,5-8,10-16H2,1-4H3/t18-,19?,21?,22?,23?,24?,25?,26?/m0/s1. The van der Waals surface area contributed by atoms with Gasteiger partial charge < -0.3 is 0 Å². The van der Waals surface area contributed by atoms with Gasteiger partial charge in [-0.2, -0.15) is 0 Å². The molecule has 0 spiro atoms. The lowest BCUT2D eigenvalue weighted by molar-refractivity contribution is 0.0388. The highest BCUT2D eigenvalue weighted by Crippen LogP contribution is 2.59. The first-order valence-corrected chi connectivity index (χ1v) is 12.2. The normalized spacial score (nSPS) is 43.4. The van der Waals surface area contributed by atoms with Gasteiger partial charge in [0.05, 0.1) is 0 Å². The second-order valence-corrected chi connectivity index (χ2v) is 11.3. The summed E-state index contributed by atoms with van der Waals surface area (Å²) in [4.78, 5) is 0. The molecule has 3 fully saturated rings. The predicted molar refractivity (Wildman–Crippen MR) is 113 cm³/mol. The van der Waals surface area contributed by atoms with Gasteiger partial charge in [-0.05, 0) is 105 Å². The van der Waals surface area contributed by atoms with E-state index >= 15 is 0 Å². The van der Waals surface area contributed by atoms with E-state index in [1.807, 2.05) is 5.57 Å². The van der Waals surface area contributed by atoms with Crippen LogP contribution in [0.4, 0.5) is 0 Å². The highest BCUT2D eigenvalue weighted by molar-refractivity contribution is 5.18. The fourth-order valence-electron chi connectivity index (χ4n) is 7.94. The maximum Gasteiger partial charge on any atom is -0.0172 e. The molecule has 0 heterocycles. The van der Waals surface area contributed by atoms with E-state index < -0.39 is 0 Å². The summed E-state index contributed by atoms with van der Waals surface area (Å²) in [5.41, 5.74) is 1.89. The molecule has 0 aromatic heterocycles. The molecule has 148 valence electrons. The Balaban J connectivity index is 1.39. The van der Waals surface area contributed by atoms with Crippen LogP contribution in [0.15, 0.2) is 11.6 Å². The van der Waals surface area contributed by atoms with Crippen LogP contribution in [0.5, 0.6) is 0 Å². The molecule has 3 saturated carbocycles. The summed E-state index contributed by atoms with van der Waals surface area (Å²) in [6, 6.07) is 0. The van der Waals surface area contributed by atoms with Gasteiger partial charge in [-0.25, -0.2) is 0 Å². The van der Waals surface area contributed by atoms with Gasteiger partial charge in [0.1, 0.15) is 0 Å². The van der Waals surface area contributed by atoms with Crippen molar-refractivity contribution < 1.29 is 0 Å². The summed E-state index contributed by atoms with van der Waals surface area (Å²) in [6.07, 6.45) is 19.3. The largest absolute Gasteiger partial charge is 0.0847 e. The van der Waals surface area contributed by atoms with Crippen molar-refractivity contribution in [3.63, 3.8) is 0 Å². The van der Waals surface area contributed by atoms with E-state index in [9.17, 15) is 0 Å². The summed E-state index contributed by atoms with van der Waals surface area (Å²) >= 11 is 0. The van der Waals surface area contributed by atoms with Crippen LogP contribution in [0.25, 0.3) is 0 Å². The Morgan fingerprint density at radius 1 is 0.846 bits per heavy atom. The molecule has 26 heavy (non-hydrogen) atoms. The van der Waals surface area contributed by atoms with Crippen LogP contribution in [-0.4, -0.2) is 0 Å². The molecular weight excluding hydrogens is 312 g/mol. The highest BCUT2D eigenvalue weighted by atomic mass is 14.5. The average molecular weight is 357 g/mol. The van der Waals surface area contributed by atoms with Gasteiger partial charge in [0.15, 0.2) is 0 Å². The van der Waals surface area contributed by atoms with Crippen LogP contribution in [-0.2, 0) is 0 Å². The van der Waals surface area contributed by atoms with Crippen molar-refractivity contribution in [2.24, 2.45) is 53.3 Å². The topological polar surface area (TPSA) is 0 Å². The summed E-state index contributed by atoms with van der Waals surface area (Å²) in [5.74, 6) is 9.17. The minimum Gasteiger partial charge on any atom is -0.0847 e. The van der Waals surface area contributed by atoms with Gasteiger partial charge in [-0.1, -0.05) is 58.6 Å². The van der Waals surface area contributed by atoms with Crippen molar-refractivity contribution in [3.8, 4) is 0 Å². The zero-order chi connectivity index (χ0) is 18.3. The first-order chi connectivity index (χ1) is 12.5. The van der Waals surface area contributed by atoms with Crippen molar-refractivity contribution in [1.82, 2.24) is 0 Å². The van der Waals surface area contributed by atoms with Gasteiger partial charge in [0.2, 0.25) is 0 Å². The smallest absolute Gasteiger partial charge is 0.0172 e. The highest BCUT2D eigenvalue weighted by Gasteiger charge is 2.50. The third-order valence-corrected chi connectivity index (χ3v) is 9.24. The quantitative estimate of drug-likeness (QED) is 0.439. The van der Waals surface area contributed by atoms with Crippen LogP contribution >= 0.6 is 0 Å². The Hall–Kier alpha value is -0.260. The van der Waals surface area contributed by atoms with Gasteiger partial charge >= 0.3 is 0 Å². The molecular formula is C26H44. The second kappa shape index (κ2) is 8.00. The molecule has 0 nitrogen and oxygen atoms in total. The summed E-state index contributed by atoms with van der Waals surface area (Å²) in [7, 11) is 0. The van der Waals surface area contributed by atoms with E-state index in [4.69, 9.17) is 0 Å². The van der Waals surface area contributed by atoms with Gasteiger partial charge in [0.25, 0.3) is 0 Å². The first-order valence-electron chi connectivity index (χ1n) is 12.2. The number of fused-ring (bicyclic) bond motifs is 5. The van der Waals surface area contributed by atoms with Crippen molar-refractivity contribution in [2.75, 3.05) is 0 Å². The maximum atomic E-state index is 2.74.